The van der Waals surface area contributed by atoms with Crippen molar-refractivity contribution in [1.82, 2.24) is 15.3 Å². The average molecular weight is 377 g/mol. The molecule has 2 N–H and O–H groups in total. The summed E-state index contributed by atoms with van der Waals surface area (Å²) < 4.78 is 0. The first-order valence-electron chi connectivity index (χ1n) is 10.1. The number of aromatic nitrogens is 2. The number of nitrogens with one attached hydrogen (secondary N) is 2. The van der Waals surface area contributed by atoms with Gasteiger partial charge < -0.3 is 20.4 Å². The molecule has 0 spiro atoms. The van der Waals surface area contributed by atoms with E-state index >= 15 is 0 Å². The summed E-state index contributed by atoms with van der Waals surface area (Å²) in [7, 11) is 0. The van der Waals surface area contributed by atoms with Gasteiger partial charge in [-0.25, -0.2) is 0 Å². The molecule has 7 heteroatoms. The van der Waals surface area contributed by atoms with E-state index in [0.717, 1.165) is 44.4 Å². The van der Waals surface area contributed by atoms with Crippen molar-refractivity contribution >= 4 is 34.9 Å². The standard InChI is InChI=1S/C19H32N6S/c1-15(2)14-20-19(26)23-18-21-16(24-9-5-3-6-10-24)13-17(22-18)25-11-7-4-8-12-25/h13,15H,3-12,14H2,1-2H3,(H2,20,21,22,23,26). The van der Waals surface area contributed by atoms with Crippen LogP contribution in [-0.2, 0) is 0 Å². The first kappa shape index (κ1) is 19.1. The van der Waals surface area contributed by atoms with Crippen LogP contribution in [0.1, 0.15) is 52.4 Å². The van der Waals surface area contributed by atoms with E-state index in [1.807, 2.05) is 0 Å². The Kier molecular flexibility index (Phi) is 6.88. The Hall–Kier alpha value is -1.63. The summed E-state index contributed by atoms with van der Waals surface area (Å²) in [5, 5.41) is 7.04. The van der Waals surface area contributed by atoms with Crippen LogP contribution in [-0.4, -0.2) is 47.8 Å². The molecule has 3 heterocycles. The summed E-state index contributed by atoms with van der Waals surface area (Å²) >= 11 is 5.42. The van der Waals surface area contributed by atoms with E-state index in [1.54, 1.807) is 0 Å². The van der Waals surface area contributed by atoms with Crippen molar-refractivity contribution in [2.75, 3.05) is 47.8 Å². The number of hydrogen-bond donors (Lipinski definition) is 2. The van der Waals surface area contributed by atoms with E-state index < -0.39 is 0 Å². The molecule has 0 aromatic carbocycles. The van der Waals surface area contributed by atoms with E-state index in [-0.39, 0.29) is 0 Å². The number of rotatable bonds is 5. The largest absolute Gasteiger partial charge is 0.362 e. The highest BCUT2D eigenvalue weighted by molar-refractivity contribution is 7.80. The van der Waals surface area contributed by atoms with Crippen LogP contribution in [0.2, 0.25) is 0 Å². The fourth-order valence-corrected chi connectivity index (χ4v) is 3.67. The number of thiocarbonyl (C=S) groups is 1. The van der Waals surface area contributed by atoms with E-state index in [1.165, 1.54) is 38.5 Å². The fraction of sp³-hybridized carbons (Fsp3) is 0.737. The second kappa shape index (κ2) is 9.35. The van der Waals surface area contributed by atoms with Crippen LogP contribution in [0, 0.1) is 5.92 Å². The van der Waals surface area contributed by atoms with E-state index in [4.69, 9.17) is 22.2 Å². The molecule has 3 rings (SSSR count). The quantitative estimate of drug-likeness (QED) is 0.764. The lowest BCUT2D eigenvalue weighted by atomic mass is 10.1. The summed E-state index contributed by atoms with van der Waals surface area (Å²) in [6.45, 7) is 9.47. The summed E-state index contributed by atoms with van der Waals surface area (Å²) in [6.07, 6.45) is 7.57. The molecule has 0 amide bonds. The Bertz CT molecular complexity index is 557. The zero-order chi connectivity index (χ0) is 18.4. The van der Waals surface area contributed by atoms with Gasteiger partial charge in [-0.15, -0.1) is 0 Å². The lowest BCUT2D eigenvalue weighted by molar-refractivity contribution is 0.567. The summed E-state index contributed by atoms with van der Waals surface area (Å²) in [4.78, 5) is 14.3. The SMILES string of the molecule is CC(C)CNC(=S)Nc1nc(N2CCCCC2)cc(N2CCCCC2)n1. The van der Waals surface area contributed by atoms with Crippen LogP contribution in [0.5, 0.6) is 0 Å². The zero-order valence-electron chi connectivity index (χ0n) is 16.1. The minimum absolute atomic E-state index is 0.541. The second-order valence-electron chi connectivity index (χ2n) is 7.73. The van der Waals surface area contributed by atoms with E-state index in [9.17, 15) is 0 Å². The minimum atomic E-state index is 0.541. The molecule has 0 unspecified atom stereocenters. The van der Waals surface area contributed by atoms with Crippen molar-refractivity contribution in [3.8, 4) is 0 Å². The molecular formula is C19H32N6S. The number of piperidine rings is 2. The maximum atomic E-state index is 5.42. The van der Waals surface area contributed by atoms with Gasteiger partial charge in [0.1, 0.15) is 11.6 Å². The molecule has 0 aliphatic carbocycles. The Morgan fingerprint density at radius 2 is 1.46 bits per heavy atom. The van der Waals surface area contributed by atoms with Gasteiger partial charge in [0.2, 0.25) is 5.95 Å². The van der Waals surface area contributed by atoms with Crippen molar-refractivity contribution in [2.24, 2.45) is 5.92 Å². The van der Waals surface area contributed by atoms with Crippen molar-refractivity contribution in [3.05, 3.63) is 6.07 Å². The topological polar surface area (TPSA) is 56.3 Å². The molecule has 2 saturated heterocycles. The Morgan fingerprint density at radius 3 is 1.92 bits per heavy atom. The van der Waals surface area contributed by atoms with Crippen molar-refractivity contribution in [3.63, 3.8) is 0 Å². The Morgan fingerprint density at radius 1 is 0.962 bits per heavy atom. The second-order valence-corrected chi connectivity index (χ2v) is 8.14. The number of nitrogens with zero attached hydrogens (tertiary/aromatic N) is 4. The third-order valence-electron chi connectivity index (χ3n) is 4.96. The summed E-state index contributed by atoms with van der Waals surface area (Å²) in [6, 6.07) is 2.16. The normalized spacial score (nSPS) is 18.1. The van der Waals surface area contributed by atoms with Crippen LogP contribution < -0.4 is 20.4 Å². The molecule has 1 aromatic heterocycles. The first-order valence-corrected chi connectivity index (χ1v) is 10.5. The monoisotopic (exact) mass is 376 g/mol. The molecule has 6 nitrogen and oxygen atoms in total. The van der Waals surface area contributed by atoms with Gasteiger partial charge >= 0.3 is 0 Å². The van der Waals surface area contributed by atoms with Crippen LogP contribution in [0.25, 0.3) is 0 Å². The van der Waals surface area contributed by atoms with Crippen LogP contribution in [0.15, 0.2) is 6.07 Å². The van der Waals surface area contributed by atoms with Crippen LogP contribution in [0.3, 0.4) is 0 Å². The van der Waals surface area contributed by atoms with Gasteiger partial charge in [-0.2, -0.15) is 9.97 Å². The predicted molar refractivity (Wildman–Crippen MR) is 113 cm³/mol. The molecule has 2 aliphatic heterocycles. The van der Waals surface area contributed by atoms with Crippen LogP contribution in [0.4, 0.5) is 17.6 Å². The minimum Gasteiger partial charge on any atom is -0.362 e. The van der Waals surface area contributed by atoms with Crippen molar-refractivity contribution in [1.29, 1.82) is 0 Å². The molecule has 0 saturated carbocycles. The maximum Gasteiger partial charge on any atom is 0.232 e. The van der Waals surface area contributed by atoms with Crippen molar-refractivity contribution in [2.45, 2.75) is 52.4 Å². The van der Waals surface area contributed by atoms with Crippen molar-refractivity contribution < 1.29 is 0 Å². The predicted octanol–water partition coefficient (Wildman–Crippen LogP) is 3.40. The first-order chi connectivity index (χ1) is 12.6. The smallest absolute Gasteiger partial charge is 0.232 e. The molecule has 2 aliphatic rings. The highest BCUT2D eigenvalue weighted by Crippen LogP contribution is 2.25. The van der Waals surface area contributed by atoms with Gasteiger partial charge in [-0.3, -0.25) is 0 Å². The Balaban J connectivity index is 1.78. The molecule has 0 bridgehead atoms. The molecule has 2 fully saturated rings. The molecule has 0 radical (unpaired) electrons. The van der Waals surface area contributed by atoms with E-state index in [2.05, 4.69) is 40.3 Å². The van der Waals surface area contributed by atoms with Gasteiger partial charge in [-0.05, 0) is 56.7 Å². The molecule has 26 heavy (non-hydrogen) atoms. The third-order valence-corrected chi connectivity index (χ3v) is 5.20. The highest BCUT2D eigenvalue weighted by Gasteiger charge is 2.19. The van der Waals surface area contributed by atoms with Gasteiger partial charge in [0.25, 0.3) is 0 Å². The third kappa shape index (κ3) is 5.43. The Labute approximate surface area is 162 Å². The number of hydrogen-bond acceptors (Lipinski definition) is 5. The molecule has 0 atom stereocenters. The van der Waals surface area contributed by atoms with E-state index in [0.29, 0.717) is 17.0 Å². The summed E-state index contributed by atoms with van der Waals surface area (Å²) in [5.74, 6) is 3.19. The molecular weight excluding hydrogens is 344 g/mol. The van der Waals surface area contributed by atoms with Gasteiger partial charge in [-0.1, -0.05) is 13.8 Å². The summed E-state index contributed by atoms with van der Waals surface area (Å²) in [5.41, 5.74) is 0. The van der Waals surface area contributed by atoms with Gasteiger partial charge in [0.05, 0.1) is 0 Å². The lowest BCUT2D eigenvalue weighted by Gasteiger charge is -2.31. The number of anilines is 3. The fourth-order valence-electron chi connectivity index (χ4n) is 3.49. The van der Waals surface area contributed by atoms with Crippen LogP contribution >= 0.6 is 12.2 Å². The molecule has 144 valence electrons. The van der Waals surface area contributed by atoms with Gasteiger partial charge in [0.15, 0.2) is 5.11 Å². The maximum absolute atomic E-state index is 5.42. The molecule has 1 aromatic rings. The average Bonchev–Trinajstić information content (AvgIpc) is 2.67. The lowest BCUT2D eigenvalue weighted by Crippen LogP contribution is -2.35. The van der Waals surface area contributed by atoms with Gasteiger partial charge in [0, 0.05) is 38.8 Å². The zero-order valence-corrected chi connectivity index (χ0v) is 16.9. The highest BCUT2D eigenvalue weighted by atomic mass is 32.1.